The highest BCUT2D eigenvalue weighted by Crippen LogP contribution is 2.31. The van der Waals surface area contributed by atoms with Crippen LogP contribution in [0.25, 0.3) is 11.3 Å². The predicted molar refractivity (Wildman–Crippen MR) is 116 cm³/mol. The number of hydrogen-bond donors (Lipinski definition) is 1. The zero-order valence-corrected chi connectivity index (χ0v) is 17.5. The summed E-state index contributed by atoms with van der Waals surface area (Å²) in [5, 5.41) is 7.58. The SMILES string of the molecule is O=C(NCc1ccc(Oc2ccc(F)cc2)cc1)c1conc1-c1ccc(Cl)cc1Cl. The van der Waals surface area contributed by atoms with Gasteiger partial charge in [0.2, 0.25) is 0 Å². The van der Waals surface area contributed by atoms with Crippen molar-refractivity contribution in [2.45, 2.75) is 6.54 Å². The van der Waals surface area contributed by atoms with Crippen molar-refractivity contribution < 1.29 is 18.4 Å². The largest absolute Gasteiger partial charge is 0.457 e. The molecule has 0 saturated carbocycles. The summed E-state index contributed by atoms with van der Waals surface area (Å²) in [5.41, 5.74) is 2.01. The summed E-state index contributed by atoms with van der Waals surface area (Å²) >= 11 is 12.2. The van der Waals surface area contributed by atoms with E-state index in [0.717, 1.165) is 5.56 Å². The number of hydrogen-bond acceptors (Lipinski definition) is 4. The second-order valence-electron chi connectivity index (χ2n) is 6.58. The van der Waals surface area contributed by atoms with Crippen LogP contribution in [0.4, 0.5) is 4.39 Å². The van der Waals surface area contributed by atoms with E-state index in [1.807, 2.05) is 12.1 Å². The highest BCUT2D eigenvalue weighted by atomic mass is 35.5. The molecule has 156 valence electrons. The third kappa shape index (κ3) is 5.05. The van der Waals surface area contributed by atoms with Gasteiger partial charge in [0.25, 0.3) is 5.91 Å². The fraction of sp³-hybridized carbons (Fsp3) is 0.0435. The number of aromatic nitrogens is 1. The molecule has 0 fully saturated rings. The van der Waals surface area contributed by atoms with Crippen LogP contribution in [0.3, 0.4) is 0 Å². The molecule has 1 N–H and O–H groups in total. The molecular weight excluding hydrogens is 442 g/mol. The normalized spacial score (nSPS) is 10.7. The van der Waals surface area contributed by atoms with Crippen molar-refractivity contribution in [3.63, 3.8) is 0 Å². The summed E-state index contributed by atoms with van der Waals surface area (Å²) in [6, 6.07) is 17.8. The summed E-state index contributed by atoms with van der Waals surface area (Å²) in [5.74, 6) is 0.449. The number of halogens is 3. The number of nitrogens with one attached hydrogen (secondary N) is 1. The number of rotatable bonds is 6. The van der Waals surface area contributed by atoms with Gasteiger partial charge in [0.15, 0.2) is 0 Å². The number of ether oxygens (including phenoxy) is 1. The van der Waals surface area contributed by atoms with Crippen LogP contribution >= 0.6 is 23.2 Å². The van der Waals surface area contributed by atoms with E-state index in [-0.39, 0.29) is 23.8 Å². The Morgan fingerprint density at radius 1 is 1.00 bits per heavy atom. The number of benzene rings is 3. The molecule has 0 aliphatic rings. The van der Waals surface area contributed by atoms with E-state index in [2.05, 4.69) is 10.5 Å². The molecule has 1 amide bonds. The Morgan fingerprint density at radius 2 is 1.68 bits per heavy atom. The van der Waals surface area contributed by atoms with Gasteiger partial charge >= 0.3 is 0 Å². The Balaban J connectivity index is 1.40. The van der Waals surface area contributed by atoms with Gasteiger partial charge < -0.3 is 14.6 Å². The van der Waals surface area contributed by atoms with Crippen molar-refractivity contribution in [1.82, 2.24) is 10.5 Å². The third-order valence-corrected chi connectivity index (χ3v) is 4.97. The first-order valence-electron chi connectivity index (χ1n) is 9.20. The molecule has 3 aromatic carbocycles. The summed E-state index contributed by atoms with van der Waals surface area (Å²) in [7, 11) is 0. The van der Waals surface area contributed by atoms with Gasteiger partial charge in [-0.1, -0.05) is 40.5 Å². The first kappa shape index (κ1) is 20.9. The standard InChI is InChI=1S/C23H15Cl2FN2O3/c24-15-3-10-19(21(25)11-15)22-20(13-30-28-22)23(29)27-12-14-1-6-17(7-2-14)31-18-8-4-16(26)5-9-18/h1-11,13H,12H2,(H,27,29). The second kappa shape index (κ2) is 9.20. The van der Waals surface area contributed by atoms with Crippen LogP contribution in [0.15, 0.2) is 77.5 Å². The Morgan fingerprint density at radius 3 is 2.35 bits per heavy atom. The van der Waals surface area contributed by atoms with Crippen molar-refractivity contribution in [3.8, 4) is 22.8 Å². The van der Waals surface area contributed by atoms with Gasteiger partial charge in [0, 0.05) is 17.1 Å². The Kier molecular flexibility index (Phi) is 6.21. The highest BCUT2D eigenvalue weighted by Gasteiger charge is 2.19. The lowest BCUT2D eigenvalue weighted by atomic mass is 10.1. The molecule has 0 radical (unpaired) electrons. The predicted octanol–water partition coefficient (Wildman–Crippen LogP) is 6.51. The van der Waals surface area contributed by atoms with Crippen molar-refractivity contribution in [3.05, 3.63) is 100.0 Å². The molecule has 5 nitrogen and oxygen atoms in total. The maximum Gasteiger partial charge on any atom is 0.257 e. The fourth-order valence-corrected chi connectivity index (χ4v) is 3.36. The van der Waals surface area contributed by atoms with Crippen LogP contribution < -0.4 is 10.1 Å². The molecule has 0 aliphatic carbocycles. The lowest BCUT2D eigenvalue weighted by Crippen LogP contribution is -2.22. The van der Waals surface area contributed by atoms with Crippen LogP contribution in [0, 0.1) is 5.82 Å². The van der Waals surface area contributed by atoms with E-state index in [4.69, 9.17) is 32.5 Å². The molecule has 0 atom stereocenters. The van der Waals surface area contributed by atoms with Gasteiger partial charge in [0.1, 0.15) is 34.8 Å². The smallest absolute Gasteiger partial charge is 0.257 e. The summed E-state index contributed by atoms with van der Waals surface area (Å²) in [4.78, 5) is 12.7. The molecule has 4 aromatic rings. The molecule has 4 rings (SSSR count). The monoisotopic (exact) mass is 456 g/mol. The minimum atomic E-state index is -0.353. The molecule has 0 unspecified atom stereocenters. The molecular formula is C23H15Cl2FN2O3. The number of amides is 1. The van der Waals surface area contributed by atoms with Gasteiger partial charge in [-0.15, -0.1) is 0 Å². The summed E-state index contributed by atoms with van der Waals surface area (Å²) in [6.07, 6.45) is 1.27. The Bertz CT molecular complexity index is 1210. The number of carbonyl (C=O) groups is 1. The first-order chi connectivity index (χ1) is 15.0. The van der Waals surface area contributed by atoms with Crippen LogP contribution in [-0.2, 0) is 6.54 Å². The minimum absolute atomic E-state index is 0.264. The second-order valence-corrected chi connectivity index (χ2v) is 7.43. The van der Waals surface area contributed by atoms with Crippen molar-refractivity contribution in [2.24, 2.45) is 0 Å². The first-order valence-corrected chi connectivity index (χ1v) is 9.95. The van der Waals surface area contributed by atoms with E-state index in [1.165, 1.54) is 18.4 Å². The van der Waals surface area contributed by atoms with E-state index in [1.54, 1.807) is 42.5 Å². The van der Waals surface area contributed by atoms with Gasteiger partial charge in [0.05, 0.1) is 5.02 Å². The van der Waals surface area contributed by atoms with Gasteiger partial charge in [-0.25, -0.2) is 4.39 Å². The molecule has 1 heterocycles. The van der Waals surface area contributed by atoms with Crippen LogP contribution in [0.5, 0.6) is 11.5 Å². The molecule has 0 spiro atoms. The van der Waals surface area contributed by atoms with Gasteiger partial charge in [-0.2, -0.15) is 0 Å². The average molecular weight is 457 g/mol. The Labute approximate surface area is 187 Å². The van der Waals surface area contributed by atoms with Crippen LogP contribution in [-0.4, -0.2) is 11.1 Å². The molecule has 0 bridgehead atoms. The van der Waals surface area contributed by atoms with E-state index < -0.39 is 0 Å². The van der Waals surface area contributed by atoms with E-state index in [0.29, 0.717) is 32.8 Å². The van der Waals surface area contributed by atoms with Crippen molar-refractivity contribution in [1.29, 1.82) is 0 Å². The minimum Gasteiger partial charge on any atom is -0.457 e. The molecule has 0 saturated heterocycles. The molecule has 8 heteroatoms. The lowest BCUT2D eigenvalue weighted by Gasteiger charge is -2.08. The summed E-state index contributed by atoms with van der Waals surface area (Å²) in [6.45, 7) is 0.286. The highest BCUT2D eigenvalue weighted by molar-refractivity contribution is 6.36. The third-order valence-electron chi connectivity index (χ3n) is 4.43. The van der Waals surface area contributed by atoms with Crippen LogP contribution in [0.2, 0.25) is 10.0 Å². The van der Waals surface area contributed by atoms with Crippen molar-refractivity contribution in [2.75, 3.05) is 0 Å². The zero-order valence-electron chi connectivity index (χ0n) is 15.9. The quantitative estimate of drug-likeness (QED) is 0.359. The number of carbonyl (C=O) groups excluding carboxylic acids is 1. The topological polar surface area (TPSA) is 64.4 Å². The Hall–Kier alpha value is -3.35. The average Bonchev–Trinajstić information content (AvgIpc) is 3.24. The van der Waals surface area contributed by atoms with Crippen molar-refractivity contribution >= 4 is 29.1 Å². The van der Waals surface area contributed by atoms with E-state index >= 15 is 0 Å². The maximum atomic E-state index is 13.0. The summed E-state index contributed by atoms with van der Waals surface area (Å²) < 4.78 is 23.6. The molecule has 0 aliphatic heterocycles. The fourth-order valence-electron chi connectivity index (χ4n) is 2.87. The van der Waals surface area contributed by atoms with Crippen LogP contribution in [0.1, 0.15) is 15.9 Å². The lowest BCUT2D eigenvalue weighted by molar-refractivity contribution is 0.0951. The number of nitrogens with zero attached hydrogens (tertiary/aromatic N) is 1. The van der Waals surface area contributed by atoms with Gasteiger partial charge in [-0.3, -0.25) is 4.79 Å². The zero-order chi connectivity index (χ0) is 21.8. The molecule has 31 heavy (non-hydrogen) atoms. The van der Waals surface area contributed by atoms with E-state index in [9.17, 15) is 9.18 Å². The van der Waals surface area contributed by atoms with Gasteiger partial charge in [-0.05, 0) is 60.2 Å². The molecule has 1 aromatic heterocycles. The maximum absolute atomic E-state index is 13.0.